The average Bonchev–Trinajstić information content (AvgIpc) is 3.39. The number of hydrogen-bond donors (Lipinski definition) is 1. The fraction of sp³-hybridized carbons (Fsp3) is 0.588. The molecule has 22 heavy (non-hydrogen) atoms. The van der Waals surface area contributed by atoms with E-state index in [-0.39, 0.29) is 18.6 Å². The lowest BCUT2D eigenvalue weighted by Gasteiger charge is -2.32. The number of rotatable bonds is 3. The zero-order valence-corrected chi connectivity index (χ0v) is 12.5. The first kappa shape index (κ1) is 13.9. The van der Waals surface area contributed by atoms with Gasteiger partial charge >= 0.3 is 0 Å². The minimum absolute atomic E-state index is 0.0871. The summed E-state index contributed by atoms with van der Waals surface area (Å²) in [6, 6.07) is 7.63. The fourth-order valence-corrected chi connectivity index (χ4v) is 3.20. The molecule has 1 amide bonds. The molecule has 1 N–H and O–H groups in total. The zero-order chi connectivity index (χ0) is 14.9. The molecular weight excluding hydrogens is 282 g/mol. The quantitative estimate of drug-likeness (QED) is 0.926. The molecule has 5 heteroatoms. The number of amides is 1. The van der Waals surface area contributed by atoms with E-state index in [2.05, 4.69) is 5.32 Å². The van der Waals surface area contributed by atoms with Gasteiger partial charge < -0.3 is 19.5 Å². The largest absolute Gasteiger partial charge is 0.485 e. The minimum Gasteiger partial charge on any atom is -0.485 e. The Morgan fingerprint density at radius 2 is 1.95 bits per heavy atom. The second-order valence-corrected chi connectivity index (χ2v) is 6.34. The Morgan fingerprint density at radius 3 is 2.77 bits per heavy atom. The van der Waals surface area contributed by atoms with Crippen molar-refractivity contribution >= 4 is 5.91 Å². The second kappa shape index (κ2) is 5.80. The van der Waals surface area contributed by atoms with Crippen LogP contribution in [0.1, 0.15) is 25.7 Å². The lowest BCUT2D eigenvalue weighted by Crippen LogP contribution is -2.50. The summed E-state index contributed by atoms with van der Waals surface area (Å²) < 4.78 is 17.2. The van der Waals surface area contributed by atoms with E-state index in [4.69, 9.17) is 14.2 Å². The maximum absolute atomic E-state index is 12.4. The number of hydrogen-bond acceptors (Lipinski definition) is 4. The standard InChI is InChI=1S/C17H21NO4/c19-17(16-10-21-13-3-1-2-4-14(13)22-16)18-12-7-8-20-15(9-12)11-5-6-11/h1-4,11-12,15-16H,5-10H2,(H,18,19)/t12-,15+,16+/m1/s1. The summed E-state index contributed by atoms with van der Waals surface area (Å²) in [5.74, 6) is 1.96. The normalized spacial score (nSPS) is 30.6. The van der Waals surface area contributed by atoms with Gasteiger partial charge in [0.1, 0.15) is 6.61 Å². The van der Waals surface area contributed by atoms with Gasteiger partial charge in [0.05, 0.1) is 6.10 Å². The molecule has 0 spiro atoms. The highest BCUT2D eigenvalue weighted by molar-refractivity contribution is 5.82. The van der Waals surface area contributed by atoms with Crippen LogP contribution in [-0.4, -0.2) is 37.4 Å². The number of carbonyl (C=O) groups excluding carboxylic acids is 1. The number of para-hydroxylation sites is 2. The van der Waals surface area contributed by atoms with Crippen LogP contribution in [0.3, 0.4) is 0 Å². The van der Waals surface area contributed by atoms with E-state index in [1.807, 2.05) is 24.3 Å². The third kappa shape index (κ3) is 2.90. The number of carbonyl (C=O) groups is 1. The smallest absolute Gasteiger partial charge is 0.264 e. The average molecular weight is 303 g/mol. The van der Waals surface area contributed by atoms with E-state index in [0.717, 1.165) is 19.4 Å². The van der Waals surface area contributed by atoms with Crippen molar-refractivity contribution in [3.8, 4) is 11.5 Å². The molecule has 1 saturated heterocycles. The summed E-state index contributed by atoms with van der Waals surface area (Å²) in [4.78, 5) is 12.4. The zero-order valence-electron chi connectivity index (χ0n) is 12.5. The number of nitrogens with one attached hydrogen (secondary N) is 1. The van der Waals surface area contributed by atoms with Crippen LogP contribution in [0.2, 0.25) is 0 Å². The fourth-order valence-electron chi connectivity index (χ4n) is 3.20. The van der Waals surface area contributed by atoms with Crippen LogP contribution >= 0.6 is 0 Å². The van der Waals surface area contributed by atoms with E-state index in [0.29, 0.717) is 23.5 Å². The number of ether oxygens (including phenoxy) is 3. The summed E-state index contributed by atoms with van der Waals surface area (Å²) in [7, 11) is 0. The Hall–Kier alpha value is -1.75. The van der Waals surface area contributed by atoms with Crippen LogP contribution in [0.5, 0.6) is 11.5 Å². The van der Waals surface area contributed by atoms with E-state index in [9.17, 15) is 4.79 Å². The summed E-state index contributed by atoms with van der Waals surface area (Å²) in [6.07, 6.45) is 4.07. The lowest BCUT2D eigenvalue weighted by molar-refractivity contribution is -0.132. The number of fused-ring (bicyclic) bond motifs is 1. The summed E-state index contributed by atoms with van der Waals surface area (Å²) >= 11 is 0. The van der Waals surface area contributed by atoms with E-state index in [1.54, 1.807) is 0 Å². The predicted octanol–water partition coefficient (Wildman–Crippen LogP) is 1.90. The van der Waals surface area contributed by atoms with Crippen LogP contribution in [0.25, 0.3) is 0 Å². The maximum atomic E-state index is 12.4. The SMILES string of the molecule is O=C(N[C@@H]1CCO[C@H](C2CC2)C1)[C@@H]1COc2ccccc2O1. The first-order chi connectivity index (χ1) is 10.8. The van der Waals surface area contributed by atoms with Gasteiger partial charge in [-0.05, 0) is 43.7 Å². The molecule has 1 aromatic carbocycles. The molecule has 1 aliphatic carbocycles. The van der Waals surface area contributed by atoms with E-state index < -0.39 is 6.10 Å². The molecule has 0 aromatic heterocycles. The van der Waals surface area contributed by atoms with Gasteiger partial charge in [-0.2, -0.15) is 0 Å². The Labute approximate surface area is 129 Å². The predicted molar refractivity (Wildman–Crippen MR) is 80.0 cm³/mol. The Morgan fingerprint density at radius 1 is 1.14 bits per heavy atom. The molecule has 0 unspecified atom stereocenters. The van der Waals surface area contributed by atoms with Gasteiger partial charge in [-0.3, -0.25) is 4.79 Å². The third-order valence-electron chi connectivity index (χ3n) is 4.61. The molecule has 3 atom stereocenters. The van der Waals surface area contributed by atoms with Gasteiger partial charge in [-0.1, -0.05) is 12.1 Å². The van der Waals surface area contributed by atoms with Crippen molar-refractivity contribution in [2.24, 2.45) is 5.92 Å². The van der Waals surface area contributed by atoms with Crippen molar-refractivity contribution < 1.29 is 19.0 Å². The molecule has 2 aliphatic heterocycles. The summed E-state index contributed by atoms with van der Waals surface area (Å²) in [6.45, 7) is 0.995. The third-order valence-corrected chi connectivity index (χ3v) is 4.61. The molecule has 2 fully saturated rings. The second-order valence-electron chi connectivity index (χ2n) is 6.34. The molecular formula is C17H21NO4. The first-order valence-corrected chi connectivity index (χ1v) is 8.10. The minimum atomic E-state index is -0.572. The molecule has 1 aromatic rings. The van der Waals surface area contributed by atoms with Crippen molar-refractivity contribution in [3.05, 3.63) is 24.3 Å². The Kier molecular flexibility index (Phi) is 3.66. The van der Waals surface area contributed by atoms with Gasteiger partial charge in [0.25, 0.3) is 5.91 Å². The summed E-state index contributed by atoms with van der Waals surface area (Å²) in [5, 5.41) is 3.11. The first-order valence-electron chi connectivity index (χ1n) is 8.10. The monoisotopic (exact) mass is 303 g/mol. The van der Waals surface area contributed by atoms with Gasteiger partial charge in [0, 0.05) is 12.6 Å². The van der Waals surface area contributed by atoms with E-state index >= 15 is 0 Å². The van der Waals surface area contributed by atoms with Gasteiger partial charge in [-0.25, -0.2) is 0 Å². The van der Waals surface area contributed by atoms with Crippen molar-refractivity contribution in [1.29, 1.82) is 0 Å². The molecule has 3 aliphatic rings. The topological polar surface area (TPSA) is 56.8 Å². The van der Waals surface area contributed by atoms with Crippen LogP contribution < -0.4 is 14.8 Å². The molecule has 0 radical (unpaired) electrons. The molecule has 1 saturated carbocycles. The number of benzene rings is 1. The Balaban J connectivity index is 1.34. The van der Waals surface area contributed by atoms with Gasteiger partial charge in [0.15, 0.2) is 11.5 Å². The van der Waals surface area contributed by atoms with E-state index in [1.165, 1.54) is 12.8 Å². The van der Waals surface area contributed by atoms with Crippen LogP contribution in [-0.2, 0) is 9.53 Å². The van der Waals surface area contributed by atoms with Crippen molar-refractivity contribution in [2.45, 2.75) is 43.9 Å². The molecule has 4 rings (SSSR count). The highest BCUT2D eigenvalue weighted by Crippen LogP contribution is 2.38. The Bertz CT molecular complexity index is 557. The highest BCUT2D eigenvalue weighted by Gasteiger charge is 2.37. The van der Waals surface area contributed by atoms with Gasteiger partial charge in [0.2, 0.25) is 6.10 Å². The van der Waals surface area contributed by atoms with Crippen molar-refractivity contribution in [1.82, 2.24) is 5.32 Å². The van der Waals surface area contributed by atoms with Crippen LogP contribution in [0, 0.1) is 5.92 Å². The maximum Gasteiger partial charge on any atom is 0.264 e. The molecule has 0 bridgehead atoms. The molecule has 5 nitrogen and oxygen atoms in total. The van der Waals surface area contributed by atoms with Gasteiger partial charge in [-0.15, -0.1) is 0 Å². The lowest BCUT2D eigenvalue weighted by atomic mass is 10.00. The summed E-state index contributed by atoms with van der Waals surface area (Å²) in [5.41, 5.74) is 0. The van der Waals surface area contributed by atoms with Crippen molar-refractivity contribution in [2.75, 3.05) is 13.2 Å². The van der Waals surface area contributed by atoms with Crippen LogP contribution in [0.15, 0.2) is 24.3 Å². The molecule has 118 valence electrons. The highest BCUT2D eigenvalue weighted by atomic mass is 16.6. The van der Waals surface area contributed by atoms with Crippen LogP contribution in [0.4, 0.5) is 0 Å². The molecule has 2 heterocycles. The van der Waals surface area contributed by atoms with Crippen molar-refractivity contribution in [3.63, 3.8) is 0 Å².